The molecule has 0 spiro atoms. The van der Waals surface area contributed by atoms with Crippen LogP contribution in [0.2, 0.25) is 0 Å². The number of aromatic nitrogens is 3. The Bertz CT molecular complexity index is 1480. The molecule has 35 heavy (non-hydrogen) atoms. The number of fused-ring (bicyclic) bond motifs is 1. The van der Waals surface area contributed by atoms with Crippen molar-refractivity contribution < 1.29 is 19.4 Å². The molecular weight excluding hydrogens is 468 g/mol. The highest BCUT2D eigenvalue weighted by Crippen LogP contribution is 2.30. The quantitative estimate of drug-likeness (QED) is 0.331. The van der Waals surface area contributed by atoms with Crippen LogP contribution in [0.5, 0.6) is 11.5 Å². The lowest BCUT2D eigenvalue weighted by molar-refractivity contribution is 0.0694. The van der Waals surface area contributed by atoms with Gasteiger partial charge >= 0.3 is 5.97 Å². The third kappa shape index (κ3) is 4.90. The molecule has 0 saturated heterocycles. The average Bonchev–Trinajstić information content (AvgIpc) is 3.50. The summed E-state index contributed by atoms with van der Waals surface area (Å²) in [6, 6.07) is 9.18. The van der Waals surface area contributed by atoms with Gasteiger partial charge in [0, 0.05) is 11.8 Å². The fourth-order valence-corrected chi connectivity index (χ4v) is 4.75. The molecule has 0 aliphatic carbocycles. The number of carboxylic acids is 1. The molecule has 10 heteroatoms. The molecule has 3 heterocycles. The van der Waals surface area contributed by atoms with Gasteiger partial charge in [0.25, 0.3) is 5.56 Å². The van der Waals surface area contributed by atoms with E-state index < -0.39 is 11.5 Å². The highest BCUT2D eigenvalue weighted by atomic mass is 32.1. The minimum absolute atomic E-state index is 0.0854. The molecule has 4 aromatic rings. The van der Waals surface area contributed by atoms with Crippen LogP contribution in [0.15, 0.2) is 46.8 Å². The largest absolute Gasteiger partial charge is 0.495 e. The number of carboxylic acid groups (broad SMARTS) is 1. The Hall–Kier alpha value is -4.10. The van der Waals surface area contributed by atoms with Crippen LogP contribution in [0, 0.1) is 11.3 Å². The second-order valence-corrected chi connectivity index (χ2v) is 8.85. The summed E-state index contributed by atoms with van der Waals surface area (Å²) in [5, 5.41) is 25.1. The predicted octanol–water partition coefficient (Wildman–Crippen LogP) is 4.11. The van der Waals surface area contributed by atoms with Crippen molar-refractivity contribution in [3.05, 3.63) is 74.6 Å². The summed E-state index contributed by atoms with van der Waals surface area (Å²) < 4.78 is 14.7. The number of unbranched alkanes of at least 4 members (excludes halogenated alkanes) is 1. The average molecular weight is 493 g/mol. The van der Waals surface area contributed by atoms with Gasteiger partial charge in [0.15, 0.2) is 0 Å². The summed E-state index contributed by atoms with van der Waals surface area (Å²) in [5.41, 5.74) is 2.13. The number of nitrogens with zero attached hydrogens (tertiary/aromatic N) is 4. The number of hydrogen-bond donors (Lipinski definition) is 1. The Morgan fingerprint density at radius 1 is 1.26 bits per heavy atom. The number of thiophene rings is 1. The molecule has 0 radical (unpaired) electrons. The molecule has 1 N–H and O–H groups in total. The SMILES string of the molecule is CCCCOc1c(C(=O)O)c2sccc2n(Cc2cnn(Cc3ccc(C#N)c(OC)c3)c2)c1=O. The van der Waals surface area contributed by atoms with Crippen LogP contribution >= 0.6 is 11.3 Å². The molecule has 0 aliphatic rings. The van der Waals surface area contributed by atoms with Crippen LogP contribution in [0.1, 0.15) is 46.8 Å². The highest BCUT2D eigenvalue weighted by Gasteiger charge is 2.24. The van der Waals surface area contributed by atoms with E-state index in [2.05, 4.69) is 11.2 Å². The van der Waals surface area contributed by atoms with Crippen molar-refractivity contribution in [1.82, 2.24) is 14.3 Å². The van der Waals surface area contributed by atoms with Crippen molar-refractivity contribution in [2.75, 3.05) is 13.7 Å². The Morgan fingerprint density at radius 2 is 2.09 bits per heavy atom. The van der Waals surface area contributed by atoms with E-state index in [1.54, 1.807) is 34.5 Å². The first-order valence-corrected chi connectivity index (χ1v) is 11.9. The highest BCUT2D eigenvalue weighted by molar-refractivity contribution is 7.17. The normalized spacial score (nSPS) is 10.9. The van der Waals surface area contributed by atoms with Gasteiger partial charge in [-0.2, -0.15) is 10.4 Å². The number of carbonyl (C=O) groups is 1. The minimum atomic E-state index is -1.18. The van der Waals surface area contributed by atoms with E-state index in [-0.39, 0.29) is 24.5 Å². The van der Waals surface area contributed by atoms with Crippen molar-refractivity contribution in [3.63, 3.8) is 0 Å². The maximum atomic E-state index is 13.3. The lowest BCUT2D eigenvalue weighted by atomic mass is 10.1. The molecule has 0 saturated carbocycles. The predicted molar refractivity (Wildman–Crippen MR) is 132 cm³/mol. The number of rotatable bonds is 10. The molecular formula is C25H24N4O5S. The van der Waals surface area contributed by atoms with E-state index in [4.69, 9.17) is 14.7 Å². The maximum absolute atomic E-state index is 13.3. The molecule has 0 atom stereocenters. The Morgan fingerprint density at radius 3 is 2.80 bits per heavy atom. The van der Waals surface area contributed by atoms with Gasteiger partial charge in [-0.1, -0.05) is 19.4 Å². The molecule has 3 aromatic heterocycles. The van der Waals surface area contributed by atoms with Crippen molar-refractivity contribution >= 4 is 27.5 Å². The number of methoxy groups -OCH3 is 1. The third-order valence-electron chi connectivity index (χ3n) is 5.55. The monoisotopic (exact) mass is 492 g/mol. The molecule has 0 amide bonds. The van der Waals surface area contributed by atoms with Gasteiger partial charge in [-0.15, -0.1) is 11.3 Å². The number of benzene rings is 1. The summed E-state index contributed by atoms with van der Waals surface area (Å²) in [6.07, 6.45) is 5.09. The number of pyridine rings is 1. The summed E-state index contributed by atoms with van der Waals surface area (Å²) in [4.78, 5) is 25.3. The Labute approximate surface area is 205 Å². The van der Waals surface area contributed by atoms with Crippen LogP contribution in [-0.4, -0.2) is 39.1 Å². The topological polar surface area (TPSA) is 119 Å². The van der Waals surface area contributed by atoms with Gasteiger partial charge < -0.3 is 14.6 Å². The lowest BCUT2D eigenvalue weighted by Gasteiger charge is -2.14. The van der Waals surface area contributed by atoms with Crippen molar-refractivity contribution in [1.29, 1.82) is 5.26 Å². The van der Waals surface area contributed by atoms with Gasteiger partial charge in [0.1, 0.15) is 17.4 Å². The summed E-state index contributed by atoms with van der Waals surface area (Å²) in [7, 11) is 1.52. The van der Waals surface area contributed by atoms with E-state index in [1.807, 2.05) is 19.2 Å². The first-order chi connectivity index (χ1) is 17.0. The first kappa shape index (κ1) is 24.0. The van der Waals surface area contributed by atoms with Crippen molar-refractivity contribution in [2.24, 2.45) is 0 Å². The van der Waals surface area contributed by atoms with E-state index in [9.17, 15) is 14.7 Å². The molecule has 9 nitrogen and oxygen atoms in total. The third-order valence-corrected chi connectivity index (χ3v) is 6.47. The Kier molecular flexibility index (Phi) is 7.17. The standard InChI is InChI=1S/C25H24N4O5S/c1-3-4-8-34-22-21(25(31)32)23-19(7-9-35-23)29(24(22)30)15-17-12-27-28(14-17)13-16-5-6-18(11-26)20(10-16)33-2/h5-7,9-10,12,14H,3-4,8,13,15H2,1-2H3,(H,31,32). The van der Waals surface area contributed by atoms with E-state index in [0.29, 0.717) is 34.5 Å². The molecule has 0 fully saturated rings. The molecule has 0 unspecified atom stereocenters. The second kappa shape index (κ2) is 10.4. The zero-order valence-electron chi connectivity index (χ0n) is 19.4. The number of nitriles is 1. The van der Waals surface area contributed by atoms with Gasteiger partial charge in [-0.3, -0.25) is 14.0 Å². The molecule has 0 bridgehead atoms. The van der Waals surface area contributed by atoms with E-state index in [1.165, 1.54) is 23.0 Å². The second-order valence-electron chi connectivity index (χ2n) is 7.93. The molecule has 4 rings (SSSR count). The number of aromatic carboxylic acids is 1. The van der Waals surface area contributed by atoms with Gasteiger partial charge in [0.05, 0.1) is 48.8 Å². The van der Waals surface area contributed by atoms with Crippen molar-refractivity contribution in [3.8, 4) is 17.6 Å². The zero-order valence-corrected chi connectivity index (χ0v) is 20.2. The molecule has 180 valence electrons. The molecule has 1 aromatic carbocycles. The van der Waals surface area contributed by atoms with Crippen LogP contribution in [0.25, 0.3) is 10.2 Å². The van der Waals surface area contributed by atoms with E-state index in [0.717, 1.165) is 17.5 Å². The number of hydrogen-bond acceptors (Lipinski definition) is 7. The Balaban J connectivity index is 1.66. The van der Waals surface area contributed by atoms with Gasteiger partial charge in [-0.05, 0) is 35.6 Å². The van der Waals surface area contributed by atoms with Crippen LogP contribution < -0.4 is 15.0 Å². The van der Waals surface area contributed by atoms with E-state index >= 15 is 0 Å². The maximum Gasteiger partial charge on any atom is 0.341 e. The first-order valence-electron chi connectivity index (χ1n) is 11.0. The smallest absolute Gasteiger partial charge is 0.341 e. The van der Waals surface area contributed by atoms with Crippen LogP contribution in [0.4, 0.5) is 0 Å². The summed E-state index contributed by atoms with van der Waals surface area (Å²) >= 11 is 1.27. The molecule has 0 aliphatic heterocycles. The minimum Gasteiger partial charge on any atom is -0.495 e. The van der Waals surface area contributed by atoms with Gasteiger partial charge in [-0.25, -0.2) is 4.79 Å². The zero-order chi connectivity index (χ0) is 24.9. The fraction of sp³-hybridized carbons (Fsp3) is 0.280. The summed E-state index contributed by atoms with van der Waals surface area (Å²) in [5.74, 6) is -0.810. The number of ether oxygens (including phenoxy) is 2. The van der Waals surface area contributed by atoms with Crippen molar-refractivity contribution in [2.45, 2.75) is 32.9 Å². The lowest BCUT2D eigenvalue weighted by Crippen LogP contribution is -2.25. The van der Waals surface area contributed by atoms with Crippen LogP contribution in [0.3, 0.4) is 0 Å². The van der Waals surface area contributed by atoms with Gasteiger partial charge in [0.2, 0.25) is 5.75 Å². The summed E-state index contributed by atoms with van der Waals surface area (Å²) in [6.45, 7) is 2.93. The van der Waals surface area contributed by atoms with Crippen LogP contribution in [-0.2, 0) is 13.1 Å². The fourth-order valence-electron chi connectivity index (χ4n) is 3.82.